The van der Waals surface area contributed by atoms with Crippen LogP contribution >= 0.6 is 12.2 Å². The van der Waals surface area contributed by atoms with Gasteiger partial charge in [0.2, 0.25) is 5.91 Å². The van der Waals surface area contributed by atoms with Crippen molar-refractivity contribution in [2.45, 2.75) is 25.9 Å². The standard InChI is InChI=1S/C21H21N3O4S/c1-13(14-6-7-17-18(12-14)28-11-10-27-17)22-19(25)8-9-24-20(26)15-4-2-3-5-16(15)23-21(24)29/h2-7,12-13H,8-11H2,1H3,(H,22,25)(H,23,29). The molecule has 2 aromatic carbocycles. The number of aromatic amines is 1. The van der Waals surface area contributed by atoms with Gasteiger partial charge in [0.1, 0.15) is 13.2 Å². The van der Waals surface area contributed by atoms with Crippen LogP contribution in [0.2, 0.25) is 0 Å². The van der Waals surface area contributed by atoms with Crippen LogP contribution in [0.3, 0.4) is 0 Å². The molecule has 1 unspecified atom stereocenters. The maximum Gasteiger partial charge on any atom is 0.262 e. The maximum atomic E-state index is 12.7. The van der Waals surface area contributed by atoms with E-state index >= 15 is 0 Å². The average Bonchev–Trinajstić information content (AvgIpc) is 2.73. The van der Waals surface area contributed by atoms with Gasteiger partial charge in [-0.2, -0.15) is 0 Å². The Kier molecular flexibility index (Phi) is 5.35. The molecule has 0 bridgehead atoms. The molecule has 0 spiro atoms. The number of nitrogens with zero attached hydrogens (tertiary/aromatic N) is 1. The van der Waals surface area contributed by atoms with Crippen LogP contribution in [-0.2, 0) is 11.3 Å². The highest BCUT2D eigenvalue weighted by Crippen LogP contribution is 2.32. The van der Waals surface area contributed by atoms with E-state index in [1.54, 1.807) is 18.2 Å². The second kappa shape index (κ2) is 8.08. The van der Waals surface area contributed by atoms with Gasteiger partial charge in [-0.3, -0.25) is 14.2 Å². The van der Waals surface area contributed by atoms with E-state index in [2.05, 4.69) is 10.3 Å². The number of aromatic nitrogens is 2. The highest BCUT2D eigenvalue weighted by molar-refractivity contribution is 7.71. The first-order chi connectivity index (χ1) is 14.0. The van der Waals surface area contributed by atoms with Crippen molar-refractivity contribution in [1.29, 1.82) is 0 Å². The number of ether oxygens (including phenoxy) is 2. The van der Waals surface area contributed by atoms with Crippen LogP contribution in [0.25, 0.3) is 10.9 Å². The van der Waals surface area contributed by atoms with E-state index in [4.69, 9.17) is 21.7 Å². The van der Waals surface area contributed by atoms with E-state index in [0.717, 1.165) is 5.56 Å². The van der Waals surface area contributed by atoms with Crippen molar-refractivity contribution in [1.82, 2.24) is 14.9 Å². The lowest BCUT2D eigenvalue weighted by atomic mass is 10.1. The average molecular weight is 411 g/mol. The molecule has 1 aromatic heterocycles. The van der Waals surface area contributed by atoms with Gasteiger partial charge in [0.25, 0.3) is 5.56 Å². The number of fused-ring (bicyclic) bond motifs is 2. The Hall–Kier alpha value is -3.13. The van der Waals surface area contributed by atoms with Crippen molar-refractivity contribution < 1.29 is 14.3 Å². The topological polar surface area (TPSA) is 85.4 Å². The normalized spacial score (nSPS) is 13.8. The number of carbonyl (C=O) groups excluding carboxylic acids is 1. The van der Waals surface area contributed by atoms with Crippen LogP contribution in [-0.4, -0.2) is 28.7 Å². The Bertz CT molecular complexity index is 1180. The first kappa shape index (κ1) is 19.2. The summed E-state index contributed by atoms with van der Waals surface area (Å²) < 4.78 is 12.8. The molecule has 0 saturated carbocycles. The molecule has 3 aromatic rings. The second-order valence-electron chi connectivity index (χ2n) is 6.87. The minimum Gasteiger partial charge on any atom is -0.486 e. The van der Waals surface area contributed by atoms with Crippen LogP contribution < -0.4 is 20.3 Å². The molecule has 1 aliphatic rings. The van der Waals surface area contributed by atoms with Gasteiger partial charge in [0.15, 0.2) is 16.3 Å². The fourth-order valence-corrected chi connectivity index (χ4v) is 3.63. The summed E-state index contributed by atoms with van der Waals surface area (Å²) in [5.74, 6) is 1.23. The second-order valence-corrected chi connectivity index (χ2v) is 7.26. The van der Waals surface area contributed by atoms with Gasteiger partial charge >= 0.3 is 0 Å². The molecule has 29 heavy (non-hydrogen) atoms. The van der Waals surface area contributed by atoms with Gasteiger partial charge in [-0.1, -0.05) is 18.2 Å². The van der Waals surface area contributed by atoms with Crippen molar-refractivity contribution >= 4 is 29.0 Å². The predicted molar refractivity (Wildman–Crippen MR) is 112 cm³/mol. The molecule has 8 heteroatoms. The molecule has 2 N–H and O–H groups in total. The zero-order valence-corrected chi connectivity index (χ0v) is 16.8. The Morgan fingerprint density at radius 3 is 2.79 bits per heavy atom. The van der Waals surface area contributed by atoms with E-state index < -0.39 is 0 Å². The number of nitrogens with one attached hydrogen (secondary N) is 2. The number of hydrogen-bond donors (Lipinski definition) is 2. The molecule has 7 nitrogen and oxygen atoms in total. The zero-order valence-electron chi connectivity index (χ0n) is 15.9. The smallest absolute Gasteiger partial charge is 0.262 e. The highest BCUT2D eigenvalue weighted by atomic mass is 32.1. The lowest BCUT2D eigenvalue weighted by Crippen LogP contribution is -2.30. The maximum absolute atomic E-state index is 12.7. The van der Waals surface area contributed by atoms with Crippen LogP contribution in [0.1, 0.15) is 24.9 Å². The molecule has 1 aliphatic heterocycles. The number of carbonyl (C=O) groups is 1. The van der Waals surface area contributed by atoms with Crippen molar-refractivity contribution in [2.75, 3.05) is 13.2 Å². The van der Waals surface area contributed by atoms with Crippen LogP contribution in [0.5, 0.6) is 11.5 Å². The van der Waals surface area contributed by atoms with Gasteiger partial charge in [0.05, 0.1) is 16.9 Å². The molecule has 0 radical (unpaired) electrons. The van der Waals surface area contributed by atoms with Crippen molar-refractivity contribution in [3.05, 3.63) is 63.2 Å². The number of H-pyrrole nitrogens is 1. The number of benzene rings is 2. The van der Waals surface area contributed by atoms with E-state index in [0.29, 0.717) is 40.4 Å². The van der Waals surface area contributed by atoms with E-state index in [1.165, 1.54) is 4.57 Å². The summed E-state index contributed by atoms with van der Waals surface area (Å²) in [6.45, 7) is 3.16. The van der Waals surface area contributed by atoms with Gasteiger partial charge in [0, 0.05) is 13.0 Å². The van der Waals surface area contributed by atoms with Gasteiger partial charge in [-0.15, -0.1) is 0 Å². The van der Waals surface area contributed by atoms with Crippen molar-refractivity contribution in [2.24, 2.45) is 0 Å². The molecule has 0 fully saturated rings. The van der Waals surface area contributed by atoms with E-state index in [9.17, 15) is 9.59 Å². The number of amides is 1. The summed E-state index contributed by atoms with van der Waals surface area (Å²) >= 11 is 5.29. The largest absolute Gasteiger partial charge is 0.486 e. The Labute approximate surface area is 172 Å². The van der Waals surface area contributed by atoms with E-state index in [-0.39, 0.29) is 30.5 Å². The van der Waals surface area contributed by atoms with Crippen LogP contribution in [0.4, 0.5) is 0 Å². The summed E-state index contributed by atoms with van der Waals surface area (Å²) in [5, 5.41) is 3.50. The van der Waals surface area contributed by atoms with Crippen LogP contribution in [0, 0.1) is 4.77 Å². The number of hydrogen-bond acceptors (Lipinski definition) is 5. The van der Waals surface area contributed by atoms with E-state index in [1.807, 2.05) is 31.2 Å². The first-order valence-corrected chi connectivity index (χ1v) is 9.84. The SMILES string of the molecule is CC(NC(=O)CCn1c(=S)[nH]c2ccccc2c1=O)c1ccc2c(c1)OCCO2. The van der Waals surface area contributed by atoms with Gasteiger partial charge < -0.3 is 19.8 Å². The quantitative estimate of drug-likeness (QED) is 0.630. The first-order valence-electron chi connectivity index (χ1n) is 9.44. The Morgan fingerprint density at radius 1 is 1.21 bits per heavy atom. The summed E-state index contributed by atoms with van der Waals surface area (Å²) in [5.41, 5.74) is 1.41. The molecule has 0 aliphatic carbocycles. The minimum atomic E-state index is -0.207. The molecule has 1 amide bonds. The predicted octanol–water partition coefficient (Wildman–Crippen LogP) is 3.10. The van der Waals surface area contributed by atoms with Gasteiger partial charge in [-0.05, 0) is 49.0 Å². The van der Waals surface area contributed by atoms with Crippen LogP contribution in [0.15, 0.2) is 47.3 Å². The molecule has 1 atom stereocenters. The third-order valence-corrected chi connectivity index (χ3v) is 5.22. The fourth-order valence-electron chi connectivity index (χ4n) is 3.34. The van der Waals surface area contributed by atoms with Crippen molar-refractivity contribution in [3.63, 3.8) is 0 Å². The zero-order chi connectivity index (χ0) is 20.4. The third kappa shape index (κ3) is 4.02. The minimum absolute atomic E-state index is 0.143. The molecular weight excluding hydrogens is 390 g/mol. The molecule has 0 saturated heterocycles. The number of rotatable bonds is 5. The lowest BCUT2D eigenvalue weighted by molar-refractivity contribution is -0.122. The monoisotopic (exact) mass is 411 g/mol. The molecule has 4 rings (SSSR count). The Morgan fingerprint density at radius 2 is 1.97 bits per heavy atom. The van der Waals surface area contributed by atoms with Gasteiger partial charge in [-0.25, -0.2) is 0 Å². The number of para-hydroxylation sites is 1. The summed E-state index contributed by atoms with van der Waals surface area (Å²) in [6, 6.07) is 12.6. The summed E-state index contributed by atoms with van der Waals surface area (Å²) in [7, 11) is 0. The molecular formula is C21H21N3O4S. The van der Waals surface area contributed by atoms with Crippen molar-refractivity contribution in [3.8, 4) is 11.5 Å². The third-order valence-electron chi connectivity index (χ3n) is 4.90. The molecule has 2 heterocycles. The molecule has 150 valence electrons. The lowest BCUT2D eigenvalue weighted by Gasteiger charge is -2.21. The Balaban J connectivity index is 1.43. The highest BCUT2D eigenvalue weighted by Gasteiger charge is 2.16. The fraction of sp³-hybridized carbons (Fsp3) is 0.286. The summed E-state index contributed by atoms with van der Waals surface area (Å²) in [4.78, 5) is 28.1. The summed E-state index contributed by atoms with van der Waals surface area (Å²) in [6.07, 6.45) is 0.143.